The van der Waals surface area contributed by atoms with Crippen LogP contribution in [-0.2, 0) is 6.42 Å². The van der Waals surface area contributed by atoms with Gasteiger partial charge in [-0.2, -0.15) is 0 Å². The Morgan fingerprint density at radius 2 is 2.06 bits per heavy atom. The number of benzene rings is 1. The van der Waals surface area contributed by atoms with E-state index in [1.807, 2.05) is 12.1 Å². The summed E-state index contributed by atoms with van der Waals surface area (Å²) in [6, 6.07) is 8.45. The third kappa shape index (κ3) is 1.95. The van der Waals surface area contributed by atoms with E-state index in [2.05, 4.69) is 24.4 Å². The van der Waals surface area contributed by atoms with Crippen molar-refractivity contribution in [2.24, 2.45) is 0 Å². The molecule has 1 aliphatic heterocycles. The number of hydrogen-bond donors (Lipinski definition) is 1. The quantitative estimate of drug-likeness (QED) is 0.770. The third-order valence-corrected chi connectivity index (χ3v) is 4.92. The molecule has 1 aliphatic rings. The Hall–Kier alpha value is -0.700. The summed E-state index contributed by atoms with van der Waals surface area (Å²) in [5.74, 6) is 0. The van der Waals surface area contributed by atoms with E-state index in [1.165, 1.54) is 16.1 Å². The van der Waals surface area contributed by atoms with Crippen LogP contribution in [0.1, 0.15) is 22.0 Å². The van der Waals surface area contributed by atoms with Gasteiger partial charge in [0.2, 0.25) is 0 Å². The number of halogens is 2. The highest BCUT2D eigenvalue weighted by atomic mass is 35.5. The minimum absolute atomic E-state index is 0.333. The summed E-state index contributed by atoms with van der Waals surface area (Å²) in [5, 5.41) is 4.36. The number of hydrogen-bond acceptors (Lipinski definition) is 2. The van der Waals surface area contributed by atoms with Gasteiger partial charge < -0.3 is 5.32 Å². The van der Waals surface area contributed by atoms with Gasteiger partial charge in [-0.1, -0.05) is 29.3 Å². The van der Waals surface area contributed by atoms with Crippen molar-refractivity contribution < 1.29 is 0 Å². The maximum atomic E-state index is 6.13. The molecule has 0 bridgehead atoms. The molecular formula is C13H11Cl2NS. The predicted octanol–water partition coefficient (Wildman–Crippen LogP) is 5.07. The van der Waals surface area contributed by atoms with Crippen molar-refractivity contribution in [2.45, 2.75) is 19.4 Å². The van der Waals surface area contributed by atoms with E-state index in [0.717, 1.165) is 21.3 Å². The SMILES string of the molecule is Cc1c(Cl)ccc2c1NC(c1ccc(Cl)s1)C2. The summed E-state index contributed by atoms with van der Waals surface area (Å²) < 4.78 is 0.840. The number of nitrogens with one attached hydrogen (secondary N) is 1. The van der Waals surface area contributed by atoms with Gasteiger partial charge in [-0.15, -0.1) is 11.3 Å². The van der Waals surface area contributed by atoms with E-state index < -0.39 is 0 Å². The molecule has 3 rings (SSSR count). The molecule has 1 aromatic heterocycles. The highest BCUT2D eigenvalue weighted by molar-refractivity contribution is 7.16. The largest absolute Gasteiger partial charge is 0.377 e. The van der Waals surface area contributed by atoms with Crippen LogP contribution in [0.4, 0.5) is 5.69 Å². The molecule has 0 aliphatic carbocycles. The van der Waals surface area contributed by atoms with E-state index in [-0.39, 0.29) is 0 Å². The van der Waals surface area contributed by atoms with E-state index >= 15 is 0 Å². The van der Waals surface area contributed by atoms with Gasteiger partial charge in [0.15, 0.2) is 0 Å². The fourth-order valence-corrected chi connectivity index (χ4v) is 3.52. The molecule has 1 nitrogen and oxygen atoms in total. The first kappa shape index (κ1) is 11.4. The number of anilines is 1. The van der Waals surface area contributed by atoms with Crippen molar-refractivity contribution in [2.75, 3.05) is 5.32 Å². The highest BCUT2D eigenvalue weighted by Crippen LogP contribution is 2.41. The lowest BCUT2D eigenvalue weighted by Crippen LogP contribution is -2.03. The van der Waals surface area contributed by atoms with Crippen LogP contribution in [-0.4, -0.2) is 0 Å². The van der Waals surface area contributed by atoms with Crippen LogP contribution in [0.5, 0.6) is 0 Å². The summed E-state index contributed by atoms with van der Waals surface area (Å²) in [5.41, 5.74) is 3.66. The molecule has 17 heavy (non-hydrogen) atoms. The van der Waals surface area contributed by atoms with E-state index in [4.69, 9.17) is 23.2 Å². The van der Waals surface area contributed by atoms with Crippen molar-refractivity contribution in [3.05, 3.63) is 49.6 Å². The minimum Gasteiger partial charge on any atom is -0.377 e. The molecule has 2 heterocycles. The van der Waals surface area contributed by atoms with Crippen molar-refractivity contribution in [1.82, 2.24) is 0 Å². The molecule has 0 saturated carbocycles. The average molecular weight is 284 g/mol. The number of fused-ring (bicyclic) bond motifs is 1. The Bertz CT molecular complexity index is 577. The summed E-state index contributed by atoms with van der Waals surface area (Å²) in [6.07, 6.45) is 1.00. The van der Waals surface area contributed by atoms with Crippen LogP contribution in [0, 0.1) is 6.92 Å². The van der Waals surface area contributed by atoms with Gasteiger partial charge >= 0.3 is 0 Å². The molecule has 0 saturated heterocycles. The van der Waals surface area contributed by atoms with Crippen molar-refractivity contribution in [1.29, 1.82) is 0 Å². The molecule has 2 aromatic rings. The van der Waals surface area contributed by atoms with Gasteiger partial charge in [-0.3, -0.25) is 0 Å². The van der Waals surface area contributed by atoms with Crippen LogP contribution < -0.4 is 5.32 Å². The standard InChI is InChI=1S/C13H11Cl2NS/c1-7-9(14)3-2-8-6-10(16-13(7)8)11-4-5-12(15)17-11/h2-5,10,16H,6H2,1H3. The lowest BCUT2D eigenvalue weighted by molar-refractivity contribution is 0.843. The third-order valence-electron chi connectivity index (χ3n) is 3.17. The molecule has 4 heteroatoms. The Kier molecular flexibility index (Phi) is 2.81. The van der Waals surface area contributed by atoms with E-state index in [0.29, 0.717) is 6.04 Å². The van der Waals surface area contributed by atoms with Crippen molar-refractivity contribution in [3.63, 3.8) is 0 Å². The van der Waals surface area contributed by atoms with Gasteiger partial charge in [0.05, 0.1) is 10.4 Å². The zero-order valence-corrected chi connectivity index (χ0v) is 11.6. The zero-order chi connectivity index (χ0) is 12.0. The molecule has 0 amide bonds. The lowest BCUT2D eigenvalue weighted by atomic mass is 10.1. The number of rotatable bonds is 1. The van der Waals surface area contributed by atoms with Gasteiger partial charge in [-0.05, 0) is 42.7 Å². The fourth-order valence-electron chi connectivity index (χ4n) is 2.25. The van der Waals surface area contributed by atoms with Gasteiger partial charge in [-0.25, -0.2) is 0 Å². The van der Waals surface area contributed by atoms with Crippen LogP contribution in [0.3, 0.4) is 0 Å². The molecule has 1 N–H and O–H groups in total. The first-order chi connectivity index (χ1) is 8.15. The second kappa shape index (κ2) is 4.20. The molecule has 0 radical (unpaired) electrons. The Morgan fingerprint density at radius 3 is 2.76 bits per heavy atom. The molecule has 88 valence electrons. The Labute approximate surface area is 114 Å². The second-order valence-electron chi connectivity index (χ2n) is 4.25. The predicted molar refractivity (Wildman–Crippen MR) is 75.6 cm³/mol. The fraction of sp³-hybridized carbons (Fsp3) is 0.231. The summed E-state index contributed by atoms with van der Waals surface area (Å²) in [6.45, 7) is 2.05. The maximum Gasteiger partial charge on any atom is 0.0932 e. The Morgan fingerprint density at radius 1 is 1.24 bits per heavy atom. The average Bonchev–Trinajstić information content (AvgIpc) is 2.90. The molecule has 1 unspecified atom stereocenters. The van der Waals surface area contributed by atoms with Crippen LogP contribution in [0.2, 0.25) is 9.36 Å². The first-order valence-electron chi connectivity index (χ1n) is 5.45. The van der Waals surface area contributed by atoms with Crippen molar-refractivity contribution >= 4 is 40.2 Å². The van der Waals surface area contributed by atoms with Gasteiger partial charge in [0, 0.05) is 15.6 Å². The van der Waals surface area contributed by atoms with Crippen LogP contribution in [0.15, 0.2) is 24.3 Å². The normalized spacial score (nSPS) is 17.9. The highest BCUT2D eigenvalue weighted by Gasteiger charge is 2.25. The zero-order valence-electron chi connectivity index (χ0n) is 9.26. The first-order valence-corrected chi connectivity index (χ1v) is 7.02. The summed E-state index contributed by atoms with van der Waals surface area (Å²) in [7, 11) is 0. The van der Waals surface area contributed by atoms with Crippen LogP contribution in [0.25, 0.3) is 0 Å². The van der Waals surface area contributed by atoms with Gasteiger partial charge in [0.25, 0.3) is 0 Å². The molecule has 1 atom stereocenters. The Balaban J connectivity index is 1.95. The second-order valence-corrected chi connectivity index (χ2v) is 6.40. The topological polar surface area (TPSA) is 12.0 Å². The molecule has 1 aromatic carbocycles. The molecular weight excluding hydrogens is 273 g/mol. The molecule has 0 spiro atoms. The molecule has 0 fully saturated rings. The maximum absolute atomic E-state index is 6.13. The van der Waals surface area contributed by atoms with Gasteiger partial charge in [0.1, 0.15) is 0 Å². The minimum atomic E-state index is 0.333. The monoisotopic (exact) mass is 283 g/mol. The van der Waals surface area contributed by atoms with E-state index in [1.54, 1.807) is 11.3 Å². The van der Waals surface area contributed by atoms with E-state index in [9.17, 15) is 0 Å². The smallest absolute Gasteiger partial charge is 0.0932 e. The van der Waals surface area contributed by atoms with Crippen LogP contribution >= 0.6 is 34.5 Å². The van der Waals surface area contributed by atoms with Crippen molar-refractivity contribution in [3.8, 4) is 0 Å². The number of thiophene rings is 1. The lowest BCUT2D eigenvalue weighted by Gasteiger charge is -2.10. The summed E-state index contributed by atoms with van der Waals surface area (Å²) in [4.78, 5) is 1.28. The summed E-state index contributed by atoms with van der Waals surface area (Å²) >= 11 is 13.7.